The van der Waals surface area contributed by atoms with Crippen molar-refractivity contribution in [1.82, 2.24) is 10.1 Å². The maximum atomic E-state index is 12.7. The number of fused-ring (bicyclic) bond motifs is 1. The van der Waals surface area contributed by atoms with Crippen LogP contribution in [0.25, 0.3) is 22.9 Å². The molecule has 0 radical (unpaired) electrons. The van der Waals surface area contributed by atoms with E-state index in [1.807, 2.05) is 30.3 Å². The van der Waals surface area contributed by atoms with Crippen LogP contribution in [-0.4, -0.2) is 18.6 Å². The number of hydrogen-bond acceptors (Lipinski definition) is 5. The molecule has 0 amide bonds. The fraction of sp³-hybridized carbons (Fsp3) is 0.0476. The van der Waals surface area contributed by atoms with Gasteiger partial charge in [-0.05, 0) is 46.7 Å². The van der Waals surface area contributed by atoms with Gasteiger partial charge in [0.1, 0.15) is 0 Å². The molecule has 1 heterocycles. The number of rotatable bonds is 5. The minimum atomic E-state index is -4.72. The van der Waals surface area contributed by atoms with Crippen LogP contribution in [0.15, 0.2) is 76.1 Å². The van der Waals surface area contributed by atoms with Crippen LogP contribution in [0.5, 0.6) is 0 Å². The van der Waals surface area contributed by atoms with E-state index < -0.39 is 22.1 Å². The maximum absolute atomic E-state index is 12.7. The summed E-state index contributed by atoms with van der Waals surface area (Å²) in [6.07, 6.45) is -2.04. The Morgan fingerprint density at radius 2 is 1.61 bits per heavy atom. The van der Waals surface area contributed by atoms with Gasteiger partial charge in [-0.3, -0.25) is 4.72 Å². The first-order valence-corrected chi connectivity index (χ1v) is 10.4. The van der Waals surface area contributed by atoms with Gasteiger partial charge in [-0.2, -0.15) is 18.2 Å². The zero-order chi connectivity index (χ0) is 22.1. The number of sulfonamides is 1. The normalized spacial score (nSPS) is 12.5. The molecule has 0 saturated carbocycles. The van der Waals surface area contributed by atoms with E-state index in [2.05, 4.69) is 19.4 Å². The summed E-state index contributed by atoms with van der Waals surface area (Å²) in [7, 11) is -3.82. The highest BCUT2D eigenvalue weighted by Crippen LogP contribution is 2.27. The second-order valence-electron chi connectivity index (χ2n) is 6.53. The quantitative estimate of drug-likeness (QED) is 0.456. The van der Waals surface area contributed by atoms with E-state index in [1.165, 1.54) is 36.4 Å². The number of anilines is 1. The molecule has 0 aliphatic carbocycles. The predicted molar refractivity (Wildman–Crippen MR) is 109 cm³/mol. The summed E-state index contributed by atoms with van der Waals surface area (Å²) in [5.41, 5.74) is 0.975. The summed E-state index contributed by atoms with van der Waals surface area (Å²) in [6, 6.07) is 18.6. The summed E-state index contributed by atoms with van der Waals surface area (Å²) >= 11 is 0. The third kappa shape index (κ3) is 4.75. The Morgan fingerprint density at radius 1 is 0.903 bits per heavy atom. The minimum absolute atomic E-state index is 0.0386. The third-order valence-corrected chi connectivity index (χ3v) is 5.70. The van der Waals surface area contributed by atoms with Crippen molar-refractivity contribution in [3.63, 3.8) is 0 Å². The van der Waals surface area contributed by atoms with Crippen LogP contribution in [0.1, 0.15) is 17.3 Å². The fourth-order valence-corrected chi connectivity index (χ4v) is 3.86. The Hall–Kier alpha value is -3.66. The van der Waals surface area contributed by atoms with Crippen molar-refractivity contribution in [2.24, 2.45) is 0 Å². The third-order valence-electron chi connectivity index (χ3n) is 4.30. The zero-order valence-electron chi connectivity index (χ0n) is 15.7. The van der Waals surface area contributed by atoms with Crippen molar-refractivity contribution >= 4 is 38.6 Å². The summed E-state index contributed by atoms with van der Waals surface area (Å²) < 4.78 is 69.4. The fourth-order valence-electron chi connectivity index (χ4n) is 2.81. The van der Waals surface area contributed by atoms with Gasteiger partial charge >= 0.3 is 12.1 Å². The SMILES string of the molecule is O=S(=O)(Nc1ccc2ccccc2c1)c1ccc(/C=C/c2noc(C(F)(F)F)n2)cc1. The number of nitrogens with one attached hydrogen (secondary N) is 1. The molecule has 0 aliphatic rings. The van der Waals surface area contributed by atoms with Gasteiger partial charge in [0.25, 0.3) is 10.0 Å². The van der Waals surface area contributed by atoms with Crippen molar-refractivity contribution in [1.29, 1.82) is 0 Å². The van der Waals surface area contributed by atoms with Gasteiger partial charge in [-0.25, -0.2) is 8.42 Å². The molecule has 6 nitrogen and oxygen atoms in total. The Morgan fingerprint density at radius 3 is 2.29 bits per heavy atom. The Kier molecular flexibility index (Phi) is 5.24. The second kappa shape index (κ2) is 7.88. The lowest BCUT2D eigenvalue weighted by Crippen LogP contribution is -2.12. The lowest BCUT2D eigenvalue weighted by molar-refractivity contribution is -0.159. The molecule has 158 valence electrons. The van der Waals surface area contributed by atoms with Gasteiger partial charge in [-0.1, -0.05) is 53.7 Å². The average molecular weight is 445 g/mol. The van der Waals surface area contributed by atoms with Gasteiger partial charge in [-0.15, -0.1) is 0 Å². The van der Waals surface area contributed by atoms with Crippen molar-refractivity contribution < 1.29 is 26.1 Å². The van der Waals surface area contributed by atoms with E-state index in [1.54, 1.807) is 12.1 Å². The maximum Gasteiger partial charge on any atom is 0.471 e. The lowest BCUT2D eigenvalue weighted by Gasteiger charge is -2.09. The van der Waals surface area contributed by atoms with E-state index in [-0.39, 0.29) is 10.7 Å². The molecule has 4 aromatic rings. The van der Waals surface area contributed by atoms with E-state index in [9.17, 15) is 21.6 Å². The number of hydrogen-bond donors (Lipinski definition) is 1. The van der Waals surface area contributed by atoms with Crippen LogP contribution in [-0.2, 0) is 16.2 Å². The molecule has 0 atom stereocenters. The summed E-state index contributed by atoms with van der Waals surface area (Å²) in [5.74, 6) is -1.68. The molecule has 4 rings (SSSR count). The molecule has 31 heavy (non-hydrogen) atoms. The summed E-state index contributed by atoms with van der Waals surface area (Å²) in [4.78, 5) is 3.26. The molecular weight excluding hydrogens is 431 g/mol. The first kappa shape index (κ1) is 20.6. The Bertz CT molecular complexity index is 1360. The molecule has 0 unspecified atom stereocenters. The molecule has 0 saturated heterocycles. The van der Waals surface area contributed by atoms with Crippen LogP contribution >= 0.6 is 0 Å². The van der Waals surface area contributed by atoms with Gasteiger partial charge < -0.3 is 4.52 Å². The standard InChI is InChI=1S/C21H14F3N3O3S/c22-21(23,24)20-25-19(26-30-20)12-7-14-5-10-18(11-6-14)31(28,29)27-17-9-8-15-3-1-2-4-16(15)13-17/h1-13,27H/b12-7+. The predicted octanol–water partition coefficient (Wildman–Crippen LogP) is 5.21. The number of alkyl halides is 3. The smallest absolute Gasteiger partial charge is 0.329 e. The zero-order valence-corrected chi connectivity index (χ0v) is 16.5. The molecule has 0 spiro atoms. The van der Waals surface area contributed by atoms with E-state index in [0.29, 0.717) is 11.3 Å². The minimum Gasteiger partial charge on any atom is -0.329 e. The van der Waals surface area contributed by atoms with Crippen molar-refractivity contribution in [3.8, 4) is 0 Å². The average Bonchev–Trinajstić information content (AvgIpc) is 3.22. The largest absolute Gasteiger partial charge is 0.471 e. The number of nitrogens with zero attached hydrogens (tertiary/aromatic N) is 2. The monoisotopic (exact) mass is 445 g/mol. The topological polar surface area (TPSA) is 85.1 Å². The van der Waals surface area contributed by atoms with Gasteiger partial charge in [0, 0.05) is 5.69 Å². The van der Waals surface area contributed by atoms with Crippen LogP contribution in [0, 0.1) is 0 Å². The van der Waals surface area contributed by atoms with Crippen LogP contribution < -0.4 is 4.72 Å². The highest BCUT2D eigenvalue weighted by atomic mass is 32.2. The number of halogens is 3. The molecule has 0 aliphatic heterocycles. The second-order valence-corrected chi connectivity index (χ2v) is 8.21. The molecule has 0 fully saturated rings. The molecule has 10 heteroatoms. The van der Waals surface area contributed by atoms with E-state index in [0.717, 1.165) is 10.8 Å². The van der Waals surface area contributed by atoms with Crippen LogP contribution in [0.2, 0.25) is 0 Å². The van der Waals surface area contributed by atoms with E-state index >= 15 is 0 Å². The summed E-state index contributed by atoms with van der Waals surface area (Å²) in [5, 5.41) is 5.12. The van der Waals surface area contributed by atoms with E-state index in [4.69, 9.17) is 0 Å². The summed E-state index contributed by atoms with van der Waals surface area (Å²) in [6.45, 7) is 0. The van der Waals surface area contributed by atoms with Crippen LogP contribution in [0.4, 0.5) is 18.9 Å². The highest BCUT2D eigenvalue weighted by molar-refractivity contribution is 7.92. The first-order chi connectivity index (χ1) is 14.7. The molecule has 1 aromatic heterocycles. The molecule has 0 bridgehead atoms. The molecule has 1 N–H and O–H groups in total. The number of aromatic nitrogens is 2. The Labute approximate surface area is 175 Å². The van der Waals surface area contributed by atoms with Crippen LogP contribution in [0.3, 0.4) is 0 Å². The van der Waals surface area contributed by atoms with Crippen molar-refractivity contribution in [3.05, 3.63) is 84.0 Å². The van der Waals surface area contributed by atoms with Gasteiger partial charge in [0.2, 0.25) is 0 Å². The molecular formula is C21H14F3N3O3S. The molecule has 3 aromatic carbocycles. The first-order valence-electron chi connectivity index (χ1n) is 8.91. The van der Waals surface area contributed by atoms with Crippen molar-refractivity contribution in [2.45, 2.75) is 11.1 Å². The Balaban J connectivity index is 1.49. The number of benzene rings is 3. The lowest BCUT2D eigenvalue weighted by atomic mass is 10.1. The van der Waals surface area contributed by atoms with Crippen molar-refractivity contribution in [2.75, 3.05) is 4.72 Å². The highest BCUT2D eigenvalue weighted by Gasteiger charge is 2.38. The van der Waals surface area contributed by atoms with Gasteiger partial charge in [0.15, 0.2) is 5.82 Å². The van der Waals surface area contributed by atoms with Gasteiger partial charge in [0.05, 0.1) is 4.90 Å².